The number of nitrogens with one attached hydrogen (secondary N) is 2. The van der Waals surface area contributed by atoms with Crippen LogP contribution in [0.15, 0.2) is 48.5 Å². The van der Waals surface area contributed by atoms with Gasteiger partial charge in [-0.25, -0.2) is 4.98 Å². The van der Waals surface area contributed by atoms with E-state index >= 15 is 0 Å². The van der Waals surface area contributed by atoms with Crippen molar-refractivity contribution in [1.29, 1.82) is 0 Å². The number of benzene rings is 2. The Labute approximate surface area is 199 Å². The number of amides is 1. The van der Waals surface area contributed by atoms with Crippen molar-refractivity contribution in [2.75, 3.05) is 30.9 Å². The normalized spacial score (nSPS) is 17.7. The lowest BCUT2D eigenvalue weighted by Crippen LogP contribution is -2.34. The molecule has 3 aromatic rings. The lowest BCUT2D eigenvalue weighted by molar-refractivity contribution is -0.131. The minimum Gasteiger partial charge on any atom is -0.426 e. The van der Waals surface area contributed by atoms with Crippen LogP contribution in [-0.2, 0) is 4.79 Å². The third-order valence-corrected chi connectivity index (χ3v) is 6.12. The van der Waals surface area contributed by atoms with Crippen molar-refractivity contribution in [2.45, 2.75) is 38.6 Å². The van der Waals surface area contributed by atoms with E-state index in [1.807, 2.05) is 43.3 Å². The van der Waals surface area contributed by atoms with Crippen molar-refractivity contribution in [1.82, 2.24) is 15.3 Å². The maximum atomic E-state index is 12.7. The number of rotatable bonds is 7. The SMILES string of the molecule is CC(=O)Oc1ccccc1C(=O)NCC1CCC(Nc2nc(N(C)C)c3ccccc3n2)CC1. The Morgan fingerprint density at radius 2 is 1.71 bits per heavy atom. The lowest BCUT2D eigenvalue weighted by Gasteiger charge is -2.29. The van der Waals surface area contributed by atoms with Crippen molar-refractivity contribution >= 4 is 34.5 Å². The molecule has 0 atom stereocenters. The van der Waals surface area contributed by atoms with E-state index < -0.39 is 5.97 Å². The molecule has 4 rings (SSSR count). The quantitative estimate of drug-likeness (QED) is 0.405. The topological polar surface area (TPSA) is 96.5 Å². The zero-order valence-electron chi connectivity index (χ0n) is 19.9. The molecule has 178 valence electrons. The Kier molecular flexibility index (Phi) is 7.25. The van der Waals surface area contributed by atoms with Crippen LogP contribution in [0.2, 0.25) is 0 Å². The van der Waals surface area contributed by atoms with Gasteiger partial charge in [0.05, 0.1) is 11.1 Å². The molecule has 1 fully saturated rings. The maximum Gasteiger partial charge on any atom is 0.308 e. The fourth-order valence-electron chi connectivity index (χ4n) is 4.39. The van der Waals surface area contributed by atoms with E-state index in [1.165, 1.54) is 6.92 Å². The van der Waals surface area contributed by atoms with Crippen LogP contribution in [0, 0.1) is 5.92 Å². The molecule has 8 heteroatoms. The van der Waals surface area contributed by atoms with Gasteiger partial charge < -0.3 is 20.3 Å². The van der Waals surface area contributed by atoms with Gasteiger partial charge in [-0.1, -0.05) is 24.3 Å². The van der Waals surface area contributed by atoms with Crippen molar-refractivity contribution in [2.24, 2.45) is 5.92 Å². The fraction of sp³-hybridized carbons (Fsp3) is 0.385. The molecule has 1 aromatic heterocycles. The number of carbonyl (C=O) groups excluding carboxylic acids is 2. The second-order valence-electron chi connectivity index (χ2n) is 8.94. The zero-order chi connectivity index (χ0) is 24.1. The van der Waals surface area contributed by atoms with E-state index in [9.17, 15) is 9.59 Å². The third kappa shape index (κ3) is 5.62. The van der Waals surface area contributed by atoms with Crippen LogP contribution in [0.5, 0.6) is 5.75 Å². The Bertz CT molecular complexity index is 1170. The van der Waals surface area contributed by atoms with E-state index in [0.717, 1.165) is 42.4 Å². The fourth-order valence-corrected chi connectivity index (χ4v) is 4.39. The van der Waals surface area contributed by atoms with Gasteiger partial charge in [-0.05, 0) is 55.9 Å². The van der Waals surface area contributed by atoms with Crippen LogP contribution >= 0.6 is 0 Å². The predicted octanol–water partition coefficient (Wildman–Crippen LogP) is 4.02. The number of para-hydroxylation sites is 2. The van der Waals surface area contributed by atoms with Crippen LogP contribution in [0.3, 0.4) is 0 Å². The zero-order valence-corrected chi connectivity index (χ0v) is 19.9. The highest BCUT2D eigenvalue weighted by Gasteiger charge is 2.23. The van der Waals surface area contributed by atoms with E-state index in [1.54, 1.807) is 24.3 Å². The van der Waals surface area contributed by atoms with Crippen LogP contribution in [0.1, 0.15) is 43.0 Å². The summed E-state index contributed by atoms with van der Waals surface area (Å²) in [5.41, 5.74) is 1.30. The third-order valence-electron chi connectivity index (χ3n) is 6.12. The Balaban J connectivity index is 1.31. The standard InChI is InChI=1S/C26H31N5O3/c1-17(32)34-23-11-7-5-9-21(23)25(33)27-16-18-12-14-19(15-13-18)28-26-29-22-10-6-4-8-20(22)24(30-26)31(2)3/h4-11,18-19H,12-16H2,1-3H3,(H,27,33)(H,28,29,30). The minimum absolute atomic E-state index is 0.224. The smallest absolute Gasteiger partial charge is 0.308 e. The van der Waals surface area contributed by atoms with Gasteiger partial charge in [0.2, 0.25) is 5.95 Å². The average Bonchev–Trinajstić information content (AvgIpc) is 2.83. The van der Waals surface area contributed by atoms with Crippen molar-refractivity contribution in [3.05, 3.63) is 54.1 Å². The molecule has 0 bridgehead atoms. The van der Waals surface area contributed by atoms with E-state index in [4.69, 9.17) is 14.7 Å². The second-order valence-corrected chi connectivity index (χ2v) is 8.94. The molecule has 8 nitrogen and oxygen atoms in total. The van der Waals surface area contributed by atoms with Crippen LogP contribution in [0.4, 0.5) is 11.8 Å². The minimum atomic E-state index is -0.445. The molecule has 1 aliphatic rings. The number of ether oxygens (including phenoxy) is 1. The van der Waals surface area contributed by atoms with E-state index in [2.05, 4.69) is 10.6 Å². The van der Waals surface area contributed by atoms with E-state index in [-0.39, 0.29) is 11.7 Å². The largest absolute Gasteiger partial charge is 0.426 e. The first-order valence-electron chi connectivity index (χ1n) is 11.7. The van der Waals surface area contributed by atoms with Crippen LogP contribution in [-0.4, -0.2) is 48.5 Å². The molecule has 1 amide bonds. The number of esters is 1. The van der Waals surface area contributed by atoms with Gasteiger partial charge in [0.15, 0.2) is 0 Å². The van der Waals surface area contributed by atoms with Crippen LogP contribution < -0.4 is 20.3 Å². The molecule has 1 heterocycles. The van der Waals surface area contributed by atoms with E-state index in [0.29, 0.717) is 30.0 Å². The molecule has 2 aromatic carbocycles. The summed E-state index contributed by atoms with van der Waals surface area (Å²) in [7, 11) is 3.98. The summed E-state index contributed by atoms with van der Waals surface area (Å²) in [4.78, 5) is 35.4. The van der Waals surface area contributed by atoms with Gasteiger partial charge in [-0.15, -0.1) is 0 Å². The van der Waals surface area contributed by atoms with Crippen LogP contribution in [0.25, 0.3) is 10.9 Å². The maximum absolute atomic E-state index is 12.7. The summed E-state index contributed by atoms with van der Waals surface area (Å²) in [6.07, 6.45) is 3.96. The summed E-state index contributed by atoms with van der Waals surface area (Å²) in [6.45, 7) is 1.92. The van der Waals surface area contributed by atoms with Gasteiger partial charge in [-0.2, -0.15) is 4.98 Å². The van der Waals surface area contributed by atoms with Crippen molar-refractivity contribution < 1.29 is 14.3 Å². The molecule has 0 spiro atoms. The Hall–Kier alpha value is -3.68. The summed E-state index contributed by atoms with van der Waals surface area (Å²) in [5, 5.41) is 7.56. The first-order valence-corrected chi connectivity index (χ1v) is 11.7. The molecular formula is C26H31N5O3. The number of fused-ring (bicyclic) bond motifs is 1. The number of carbonyl (C=O) groups is 2. The number of anilines is 2. The number of hydrogen-bond acceptors (Lipinski definition) is 7. The highest BCUT2D eigenvalue weighted by atomic mass is 16.5. The summed E-state index contributed by atoms with van der Waals surface area (Å²) in [6, 6.07) is 15.1. The average molecular weight is 462 g/mol. The summed E-state index contributed by atoms with van der Waals surface area (Å²) < 4.78 is 5.16. The highest BCUT2D eigenvalue weighted by molar-refractivity contribution is 5.97. The van der Waals surface area contributed by atoms with Crippen molar-refractivity contribution in [3.8, 4) is 5.75 Å². The first kappa shape index (κ1) is 23.5. The number of hydrogen-bond donors (Lipinski definition) is 2. The summed E-state index contributed by atoms with van der Waals surface area (Å²) >= 11 is 0. The molecular weight excluding hydrogens is 430 g/mol. The molecule has 0 aliphatic heterocycles. The van der Waals surface area contributed by atoms with Crippen molar-refractivity contribution in [3.63, 3.8) is 0 Å². The molecule has 0 radical (unpaired) electrons. The molecule has 2 N–H and O–H groups in total. The van der Waals surface area contributed by atoms with Gasteiger partial charge in [0.1, 0.15) is 11.6 Å². The monoisotopic (exact) mass is 461 g/mol. The van der Waals surface area contributed by atoms with Gasteiger partial charge in [0.25, 0.3) is 5.91 Å². The molecule has 34 heavy (non-hydrogen) atoms. The van der Waals surface area contributed by atoms with Gasteiger partial charge >= 0.3 is 5.97 Å². The lowest BCUT2D eigenvalue weighted by atomic mass is 9.86. The van der Waals surface area contributed by atoms with Gasteiger partial charge in [0, 0.05) is 39.0 Å². The molecule has 0 saturated heterocycles. The molecule has 0 unspecified atom stereocenters. The Morgan fingerprint density at radius 3 is 2.44 bits per heavy atom. The van der Waals surface area contributed by atoms with Gasteiger partial charge in [-0.3, -0.25) is 9.59 Å². The first-order chi connectivity index (χ1) is 16.4. The number of aromatic nitrogens is 2. The number of nitrogens with zero attached hydrogens (tertiary/aromatic N) is 3. The Morgan fingerprint density at radius 1 is 1.00 bits per heavy atom. The molecule has 1 aliphatic carbocycles. The highest BCUT2D eigenvalue weighted by Crippen LogP contribution is 2.28. The molecule has 1 saturated carbocycles. The summed E-state index contributed by atoms with van der Waals surface area (Å²) in [5.74, 6) is 1.57. The predicted molar refractivity (Wildman–Crippen MR) is 133 cm³/mol. The second kappa shape index (κ2) is 10.5.